The molecule has 4 rings (SSSR count). The minimum atomic E-state index is -0.310. The maximum Gasteiger partial charge on any atom is 0.267 e. The van der Waals surface area contributed by atoms with Crippen molar-refractivity contribution in [2.75, 3.05) is 47.9 Å². The molecule has 2 heterocycles. The summed E-state index contributed by atoms with van der Waals surface area (Å²) in [6, 6.07) is 20.6. The second-order valence-corrected chi connectivity index (χ2v) is 7.50. The molecule has 1 fully saturated rings. The highest BCUT2D eigenvalue weighted by Crippen LogP contribution is 2.18. The zero-order valence-corrected chi connectivity index (χ0v) is 18.1. The van der Waals surface area contributed by atoms with Gasteiger partial charge in [0.15, 0.2) is 0 Å². The molecule has 3 aromatic rings. The summed E-state index contributed by atoms with van der Waals surface area (Å²) in [7, 11) is 0. The average molecular weight is 434 g/mol. The lowest BCUT2D eigenvalue weighted by Crippen LogP contribution is -2.47. The fraction of sp³-hybridized carbons (Fsp3) is 0.292. The van der Waals surface area contributed by atoms with Crippen LogP contribution in [-0.2, 0) is 11.3 Å². The van der Waals surface area contributed by atoms with Crippen molar-refractivity contribution < 1.29 is 9.53 Å². The van der Waals surface area contributed by atoms with E-state index in [1.807, 2.05) is 25.1 Å². The minimum Gasteiger partial charge on any atom is -0.494 e. The number of para-hydroxylation sites is 1. The Kier molecular flexibility index (Phi) is 6.69. The molecule has 2 aromatic carbocycles. The van der Waals surface area contributed by atoms with Gasteiger partial charge in [-0.3, -0.25) is 9.59 Å². The highest BCUT2D eigenvalue weighted by molar-refractivity contribution is 5.90. The number of ether oxygens (including phenoxy) is 1. The smallest absolute Gasteiger partial charge is 0.267 e. The summed E-state index contributed by atoms with van der Waals surface area (Å²) in [5, 5.41) is 7.24. The lowest BCUT2D eigenvalue weighted by Gasteiger charge is -2.36. The van der Waals surface area contributed by atoms with Crippen molar-refractivity contribution in [2.45, 2.75) is 13.5 Å². The molecule has 1 aliphatic rings. The number of anilines is 3. The first-order chi connectivity index (χ1) is 15.6. The third-order valence-electron chi connectivity index (χ3n) is 5.32. The summed E-state index contributed by atoms with van der Waals surface area (Å²) in [6.07, 6.45) is 0. The maximum atomic E-state index is 12.5. The van der Waals surface area contributed by atoms with Crippen LogP contribution in [0.2, 0.25) is 0 Å². The molecule has 0 unspecified atom stereocenters. The van der Waals surface area contributed by atoms with E-state index < -0.39 is 0 Å². The Bertz CT molecular complexity index is 1090. The highest BCUT2D eigenvalue weighted by atomic mass is 16.5. The van der Waals surface area contributed by atoms with Crippen molar-refractivity contribution in [1.82, 2.24) is 9.78 Å². The summed E-state index contributed by atoms with van der Waals surface area (Å²) >= 11 is 0. The van der Waals surface area contributed by atoms with Gasteiger partial charge in [0.05, 0.1) is 6.61 Å². The number of hydrogen-bond acceptors (Lipinski definition) is 6. The Balaban J connectivity index is 1.37. The molecule has 1 amide bonds. The van der Waals surface area contributed by atoms with Gasteiger partial charge in [0.1, 0.15) is 18.1 Å². The van der Waals surface area contributed by atoms with E-state index in [-0.39, 0.29) is 18.0 Å². The highest BCUT2D eigenvalue weighted by Gasteiger charge is 2.19. The predicted octanol–water partition coefficient (Wildman–Crippen LogP) is 2.61. The van der Waals surface area contributed by atoms with Crippen LogP contribution in [0.15, 0.2) is 71.5 Å². The topological polar surface area (TPSA) is 79.7 Å². The molecule has 1 aromatic heterocycles. The number of nitrogens with one attached hydrogen (secondary N) is 1. The predicted molar refractivity (Wildman–Crippen MR) is 126 cm³/mol. The number of carbonyl (C=O) groups excluding carboxylic acids is 1. The summed E-state index contributed by atoms with van der Waals surface area (Å²) in [4.78, 5) is 29.2. The molecule has 0 spiro atoms. The second-order valence-electron chi connectivity index (χ2n) is 7.50. The molecule has 0 radical (unpaired) electrons. The molecule has 1 aliphatic heterocycles. The van der Waals surface area contributed by atoms with Gasteiger partial charge in [-0.15, -0.1) is 0 Å². The monoisotopic (exact) mass is 433 g/mol. The molecular formula is C24H27N5O3. The summed E-state index contributed by atoms with van der Waals surface area (Å²) in [6.45, 7) is 5.66. The molecule has 0 aliphatic carbocycles. The van der Waals surface area contributed by atoms with Gasteiger partial charge in [0.2, 0.25) is 5.91 Å². The number of benzene rings is 2. The van der Waals surface area contributed by atoms with Crippen LogP contribution >= 0.6 is 0 Å². The fourth-order valence-corrected chi connectivity index (χ4v) is 3.69. The SMILES string of the molecule is CCOc1ccc(NC(=O)Cn2nc(N3CCN(c4ccccc4)CC3)ccc2=O)cc1. The van der Waals surface area contributed by atoms with E-state index in [9.17, 15) is 9.59 Å². The van der Waals surface area contributed by atoms with Crippen LogP contribution in [0.1, 0.15) is 6.92 Å². The van der Waals surface area contributed by atoms with E-state index in [0.717, 1.165) is 31.9 Å². The quantitative estimate of drug-likeness (QED) is 0.617. The summed E-state index contributed by atoms with van der Waals surface area (Å²) < 4.78 is 6.62. The largest absolute Gasteiger partial charge is 0.494 e. The number of hydrogen-bond donors (Lipinski definition) is 1. The van der Waals surface area contributed by atoms with Gasteiger partial charge in [-0.25, -0.2) is 4.68 Å². The number of piperazine rings is 1. The van der Waals surface area contributed by atoms with E-state index in [2.05, 4.69) is 32.3 Å². The molecule has 8 heteroatoms. The lowest BCUT2D eigenvalue weighted by atomic mass is 10.2. The van der Waals surface area contributed by atoms with E-state index >= 15 is 0 Å². The summed E-state index contributed by atoms with van der Waals surface area (Å²) in [5.74, 6) is 1.13. The van der Waals surface area contributed by atoms with Gasteiger partial charge in [-0.2, -0.15) is 5.10 Å². The van der Waals surface area contributed by atoms with Crippen molar-refractivity contribution >= 4 is 23.1 Å². The minimum absolute atomic E-state index is 0.149. The van der Waals surface area contributed by atoms with Crippen molar-refractivity contribution in [3.05, 3.63) is 77.1 Å². The van der Waals surface area contributed by atoms with Crippen LogP contribution in [0.5, 0.6) is 5.75 Å². The first-order valence-electron chi connectivity index (χ1n) is 10.8. The van der Waals surface area contributed by atoms with E-state index in [1.165, 1.54) is 16.4 Å². The normalized spacial score (nSPS) is 13.7. The Labute approximate surface area is 187 Å². The van der Waals surface area contributed by atoms with Gasteiger partial charge in [0, 0.05) is 43.6 Å². The van der Waals surface area contributed by atoms with E-state index in [0.29, 0.717) is 18.1 Å². The molecule has 1 N–H and O–H groups in total. The zero-order chi connectivity index (χ0) is 22.3. The second kappa shape index (κ2) is 10.00. The number of carbonyl (C=O) groups is 1. The molecule has 166 valence electrons. The van der Waals surface area contributed by atoms with Gasteiger partial charge in [-0.05, 0) is 49.4 Å². The molecule has 0 saturated carbocycles. The van der Waals surface area contributed by atoms with Gasteiger partial charge < -0.3 is 19.9 Å². The third-order valence-corrected chi connectivity index (χ3v) is 5.32. The van der Waals surface area contributed by atoms with Crippen LogP contribution < -0.4 is 25.4 Å². The van der Waals surface area contributed by atoms with E-state index in [4.69, 9.17) is 4.74 Å². The Morgan fingerprint density at radius 2 is 1.62 bits per heavy atom. The molecular weight excluding hydrogens is 406 g/mol. The van der Waals surface area contributed by atoms with Crippen molar-refractivity contribution in [3.63, 3.8) is 0 Å². The molecule has 8 nitrogen and oxygen atoms in total. The van der Waals surface area contributed by atoms with Crippen LogP contribution in [0.25, 0.3) is 0 Å². The lowest BCUT2D eigenvalue weighted by molar-refractivity contribution is -0.117. The summed E-state index contributed by atoms with van der Waals surface area (Å²) in [5.41, 5.74) is 1.54. The number of rotatable bonds is 7. The number of aromatic nitrogens is 2. The number of nitrogens with zero attached hydrogens (tertiary/aromatic N) is 4. The van der Waals surface area contributed by atoms with Gasteiger partial charge in [0.25, 0.3) is 5.56 Å². The maximum absolute atomic E-state index is 12.5. The fourth-order valence-electron chi connectivity index (χ4n) is 3.69. The van der Waals surface area contributed by atoms with Crippen LogP contribution in [-0.4, -0.2) is 48.5 Å². The van der Waals surface area contributed by atoms with Crippen LogP contribution in [0.4, 0.5) is 17.2 Å². The third kappa shape index (κ3) is 5.26. The first-order valence-corrected chi connectivity index (χ1v) is 10.8. The Morgan fingerprint density at radius 3 is 2.31 bits per heavy atom. The van der Waals surface area contributed by atoms with Crippen molar-refractivity contribution in [2.24, 2.45) is 0 Å². The van der Waals surface area contributed by atoms with Crippen LogP contribution in [0.3, 0.4) is 0 Å². The number of amides is 1. The molecule has 0 atom stereocenters. The standard InChI is InChI=1S/C24H27N5O3/c1-2-32-21-10-8-19(9-11-21)25-23(30)18-29-24(31)13-12-22(26-29)28-16-14-27(15-17-28)20-6-4-3-5-7-20/h3-13H,2,14-18H2,1H3,(H,25,30). The first kappa shape index (κ1) is 21.4. The Hall–Kier alpha value is -3.81. The van der Waals surface area contributed by atoms with Crippen molar-refractivity contribution in [3.8, 4) is 5.75 Å². The molecule has 0 bridgehead atoms. The molecule has 32 heavy (non-hydrogen) atoms. The Morgan fingerprint density at radius 1 is 0.938 bits per heavy atom. The van der Waals surface area contributed by atoms with Crippen LogP contribution in [0, 0.1) is 0 Å². The van der Waals surface area contributed by atoms with Gasteiger partial charge >= 0.3 is 0 Å². The zero-order valence-electron chi connectivity index (χ0n) is 18.1. The van der Waals surface area contributed by atoms with Crippen molar-refractivity contribution in [1.29, 1.82) is 0 Å². The van der Waals surface area contributed by atoms with Gasteiger partial charge in [-0.1, -0.05) is 18.2 Å². The molecule has 1 saturated heterocycles. The average Bonchev–Trinajstić information content (AvgIpc) is 2.83. The van der Waals surface area contributed by atoms with E-state index in [1.54, 1.807) is 30.3 Å².